The highest BCUT2D eigenvalue weighted by Gasteiger charge is 2.20. The summed E-state index contributed by atoms with van der Waals surface area (Å²) in [5.41, 5.74) is 0. The van der Waals surface area contributed by atoms with E-state index >= 15 is 0 Å². The Kier molecular flexibility index (Phi) is 11.3. The maximum absolute atomic E-state index is 11.3. The normalized spacial score (nSPS) is 12.7. The third-order valence-corrected chi connectivity index (χ3v) is 3.73. The van der Waals surface area contributed by atoms with E-state index in [1.807, 2.05) is 0 Å². The average Bonchev–Trinajstić information content (AvgIpc) is 2.37. The predicted molar refractivity (Wildman–Crippen MR) is 79.6 cm³/mol. The van der Waals surface area contributed by atoms with Crippen molar-refractivity contribution in [3.8, 4) is 12.3 Å². The third kappa shape index (κ3) is 15.3. The lowest BCUT2D eigenvalue weighted by Crippen LogP contribution is -2.22. The molecule has 122 valence electrons. The van der Waals surface area contributed by atoms with E-state index in [0.29, 0.717) is 6.42 Å². The first-order chi connectivity index (χ1) is 9.85. The van der Waals surface area contributed by atoms with Crippen molar-refractivity contribution in [2.24, 2.45) is 0 Å². The zero-order valence-corrected chi connectivity index (χ0v) is 13.1. The van der Waals surface area contributed by atoms with Crippen LogP contribution in [0.3, 0.4) is 0 Å². The molecule has 0 radical (unpaired) electrons. The summed E-state index contributed by atoms with van der Waals surface area (Å²) < 4.78 is 15.4. The van der Waals surface area contributed by atoms with Gasteiger partial charge in [-0.1, -0.05) is 25.7 Å². The van der Waals surface area contributed by atoms with Crippen molar-refractivity contribution in [2.75, 3.05) is 12.8 Å². The van der Waals surface area contributed by atoms with E-state index in [1.54, 1.807) is 0 Å². The lowest BCUT2D eigenvalue weighted by atomic mass is 10.1. The van der Waals surface area contributed by atoms with E-state index in [1.165, 1.54) is 0 Å². The minimum atomic E-state index is -4.28. The summed E-state index contributed by atoms with van der Waals surface area (Å²) in [6.07, 6.45) is 10.1. The number of terminal acetylenes is 1. The largest absolute Gasteiger partial charge is 0.463 e. The molecule has 1 atom stereocenters. The molecular weight excluding hydrogens is 295 g/mol. The standard InChI is InChI=1S/C14H25O6P/c1-2-3-4-5-6-7-8-9-10-14(16)20-11-13(15)12-21(17,18)19/h1,13,15H,3-12H2,(H2,17,18,19). The first kappa shape index (κ1) is 20.1. The van der Waals surface area contributed by atoms with Crippen LogP contribution in [0.15, 0.2) is 0 Å². The number of carbonyl (C=O) groups is 1. The van der Waals surface area contributed by atoms with Crippen LogP contribution in [0.4, 0.5) is 0 Å². The monoisotopic (exact) mass is 320 g/mol. The molecule has 0 saturated heterocycles. The summed E-state index contributed by atoms with van der Waals surface area (Å²) in [7, 11) is -4.28. The molecular formula is C14H25O6P. The second-order valence-corrected chi connectivity index (χ2v) is 6.70. The van der Waals surface area contributed by atoms with E-state index in [9.17, 15) is 14.5 Å². The van der Waals surface area contributed by atoms with E-state index in [2.05, 4.69) is 5.92 Å². The minimum absolute atomic E-state index is 0.257. The number of hydrogen-bond donors (Lipinski definition) is 3. The zero-order valence-electron chi connectivity index (χ0n) is 12.2. The molecule has 0 aromatic carbocycles. The number of carbonyl (C=O) groups excluding carboxylic acids is 1. The van der Waals surface area contributed by atoms with Crippen molar-refractivity contribution in [1.82, 2.24) is 0 Å². The second kappa shape index (κ2) is 11.8. The number of ether oxygens (including phenoxy) is 1. The highest BCUT2D eigenvalue weighted by Crippen LogP contribution is 2.34. The van der Waals surface area contributed by atoms with Gasteiger partial charge in [-0.25, -0.2) is 0 Å². The fourth-order valence-corrected chi connectivity index (χ4v) is 2.45. The van der Waals surface area contributed by atoms with Crippen LogP contribution in [-0.4, -0.2) is 39.7 Å². The van der Waals surface area contributed by atoms with Crippen molar-refractivity contribution in [1.29, 1.82) is 0 Å². The summed E-state index contributed by atoms with van der Waals surface area (Å²) >= 11 is 0. The molecule has 0 aromatic rings. The SMILES string of the molecule is C#CCCCCCCCCC(=O)OCC(O)CP(=O)(O)O. The van der Waals surface area contributed by atoms with Gasteiger partial charge >= 0.3 is 13.6 Å². The molecule has 0 heterocycles. The number of rotatable bonds is 12. The van der Waals surface area contributed by atoms with Gasteiger partial charge in [0.25, 0.3) is 0 Å². The molecule has 21 heavy (non-hydrogen) atoms. The van der Waals surface area contributed by atoms with Crippen LogP contribution in [0, 0.1) is 12.3 Å². The fraction of sp³-hybridized carbons (Fsp3) is 0.786. The number of esters is 1. The fourth-order valence-electron chi connectivity index (χ4n) is 1.79. The van der Waals surface area contributed by atoms with E-state index < -0.39 is 25.8 Å². The van der Waals surface area contributed by atoms with Crippen LogP contribution in [-0.2, 0) is 14.1 Å². The summed E-state index contributed by atoms with van der Waals surface area (Å²) in [6, 6.07) is 0. The minimum Gasteiger partial charge on any atom is -0.463 e. The summed E-state index contributed by atoms with van der Waals surface area (Å²) in [4.78, 5) is 28.6. The molecule has 1 unspecified atom stereocenters. The van der Waals surface area contributed by atoms with Gasteiger partial charge < -0.3 is 19.6 Å². The van der Waals surface area contributed by atoms with E-state index in [-0.39, 0.29) is 13.0 Å². The van der Waals surface area contributed by atoms with Gasteiger partial charge in [-0.2, -0.15) is 0 Å². The topological polar surface area (TPSA) is 104 Å². The van der Waals surface area contributed by atoms with Crippen LogP contribution >= 0.6 is 7.60 Å². The molecule has 0 amide bonds. The molecule has 3 N–H and O–H groups in total. The number of unbranched alkanes of at least 4 members (excludes halogenated alkanes) is 6. The van der Waals surface area contributed by atoms with Crippen LogP contribution in [0.25, 0.3) is 0 Å². The number of aliphatic hydroxyl groups excluding tert-OH is 1. The lowest BCUT2D eigenvalue weighted by molar-refractivity contribution is -0.146. The first-order valence-electron chi connectivity index (χ1n) is 7.17. The molecule has 0 rings (SSSR count). The van der Waals surface area contributed by atoms with E-state index in [4.69, 9.17) is 20.9 Å². The molecule has 0 aliphatic rings. The molecule has 7 heteroatoms. The van der Waals surface area contributed by atoms with Crippen LogP contribution in [0.1, 0.15) is 51.4 Å². The lowest BCUT2D eigenvalue weighted by Gasteiger charge is -2.12. The van der Waals surface area contributed by atoms with Gasteiger partial charge in [-0.15, -0.1) is 12.3 Å². The maximum atomic E-state index is 11.3. The van der Waals surface area contributed by atoms with Gasteiger partial charge in [0, 0.05) is 12.8 Å². The zero-order chi connectivity index (χ0) is 16.1. The van der Waals surface area contributed by atoms with Crippen molar-refractivity contribution in [3.05, 3.63) is 0 Å². The van der Waals surface area contributed by atoms with Gasteiger partial charge in [-0.05, 0) is 12.8 Å². The number of hydrogen-bond acceptors (Lipinski definition) is 4. The number of aliphatic hydroxyl groups is 1. The van der Waals surface area contributed by atoms with Gasteiger partial charge in [-0.3, -0.25) is 9.36 Å². The molecule has 0 aliphatic carbocycles. The van der Waals surface area contributed by atoms with Gasteiger partial charge in [0.15, 0.2) is 0 Å². The Morgan fingerprint density at radius 1 is 1.14 bits per heavy atom. The Bertz CT molecular complexity index is 370. The Labute approximate surface area is 126 Å². The molecule has 0 saturated carbocycles. The van der Waals surface area contributed by atoms with Crippen molar-refractivity contribution < 1.29 is 29.0 Å². The Hall–Kier alpha value is -0.860. The molecule has 6 nitrogen and oxygen atoms in total. The van der Waals surface area contributed by atoms with Gasteiger partial charge in [0.05, 0.1) is 12.3 Å². The smallest absolute Gasteiger partial charge is 0.328 e. The highest BCUT2D eigenvalue weighted by molar-refractivity contribution is 7.51. The molecule has 0 spiro atoms. The quantitative estimate of drug-likeness (QED) is 0.219. The summed E-state index contributed by atoms with van der Waals surface area (Å²) in [6.45, 7) is -0.379. The third-order valence-electron chi connectivity index (χ3n) is 2.84. The van der Waals surface area contributed by atoms with Crippen molar-refractivity contribution >= 4 is 13.6 Å². The highest BCUT2D eigenvalue weighted by atomic mass is 31.2. The first-order valence-corrected chi connectivity index (χ1v) is 8.96. The average molecular weight is 320 g/mol. The summed E-state index contributed by atoms with van der Waals surface area (Å²) in [5, 5.41) is 9.26. The maximum Gasteiger partial charge on any atom is 0.328 e. The molecule has 0 fully saturated rings. The van der Waals surface area contributed by atoms with Crippen LogP contribution < -0.4 is 0 Å². The van der Waals surface area contributed by atoms with E-state index in [0.717, 1.165) is 38.5 Å². The van der Waals surface area contributed by atoms with Crippen molar-refractivity contribution in [2.45, 2.75) is 57.5 Å². The molecule has 0 aliphatic heterocycles. The Morgan fingerprint density at radius 2 is 1.71 bits per heavy atom. The Balaban J connectivity index is 3.47. The Morgan fingerprint density at radius 3 is 2.29 bits per heavy atom. The summed E-state index contributed by atoms with van der Waals surface area (Å²) in [5.74, 6) is 2.14. The molecule has 0 bridgehead atoms. The van der Waals surface area contributed by atoms with Crippen LogP contribution in [0.2, 0.25) is 0 Å². The van der Waals surface area contributed by atoms with Gasteiger partial charge in [0.1, 0.15) is 6.61 Å². The van der Waals surface area contributed by atoms with Crippen LogP contribution in [0.5, 0.6) is 0 Å². The second-order valence-electron chi connectivity index (χ2n) is 5.01. The van der Waals surface area contributed by atoms with Crippen molar-refractivity contribution in [3.63, 3.8) is 0 Å². The predicted octanol–water partition coefficient (Wildman–Crippen LogP) is 1.82. The molecule has 0 aromatic heterocycles. The van der Waals surface area contributed by atoms with Gasteiger partial charge in [0.2, 0.25) is 0 Å².